The molecule has 3 heteroatoms. The Morgan fingerprint density at radius 2 is 2.25 bits per heavy atom. The van der Waals surface area contributed by atoms with Crippen molar-refractivity contribution in [2.75, 3.05) is 19.8 Å². The number of benzene rings is 1. The first-order chi connectivity index (χ1) is 9.88. The lowest BCUT2D eigenvalue weighted by Crippen LogP contribution is -2.33. The molecule has 2 atom stereocenters. The highest BCUT2D eigenvalue weighted by atomic mass is 16.5. The van der Waals surface area contributed by atoms with Crippen LogP contribution in [0.5, 0.6) is 0 Å². The van der Waals surface area contributed by atoms with Crippen LogP contribution in [-0.4, -0.2) is 19.8 Å². The molecule has 108 valence electrons. The maximum absolute atomic E-state index is 6.06. The summed E-state index contributed by atoms with van der Waals surface area (Å²) >= 11 is 0. The highest BCUT2D eigenvalue weighted by molar-refractivity contribution is 5.77. The molecule has 0 spiro atoms. The van der Waals surface area contributed by atoms with Gasteiger partial charge in [-0.2, -0.15) is 0 Å². The summed E-state index contributed by atoms with van der Waals surface area (Å²) in [5.41, 5.74) is 0.975. The van der Waals surface area contributed by atoms with Gasteiger partial charge in [-0.25, -0.2) is 0 Å². The number of hydrogen-bond donors (Lipinski definition) is 1. The number of furan rings is 1. The van der Waals surface area contributed by atoms with Gasteiger partial charge in [-0.15, -0.1) is 0 Å². The van der Waals surface area contributed by atoms with Gasteiger partial charge in [0, 0.05) is 17.9 Å². The zero-order chi connectivity index (χ0) is 13.8. The Hall–Kier alpha value is -1.32. The van der Waals surface area contributed by atoms with Gasteiger partial charge in [-0.3, -0.25) is 0 Å². The summed E-state index contributed by atoms with van der Waals surface area (Å²) in [4.78, 5) is 0. The van der Waals surface area contributed by atoms with Gasteiger partial charge in [-0.05, 0) is 37.9 Å². The van der Waals surface area contributed by atoms with Gasteiger partial charge in [0.25, 0.3) is 0 Å². The molecule has 0 saturated carbocycles. The third-order valence-corrected chi connectivity index (χ3v) is 4.03. The predicted molar refractivity (Wildman–Crippen MR) is 80.8 cm³/mol. The number of rotatable bonds is 5. The molecule has 1 fully saturated rings. The summed E-state index contributed by atoms with van der Waals surface area (Å²) in [5, 5.41) is 4.83. The summed E-state index contributed by atoms with van der Waals surface area (Å²) in [6, 6.07) is 10.7. The van der Waals surface area contributed by atoms with E-state index in [1.807, 2.05) is 12.1 Å². The first-order valence-electron chi connectivity index (χ1n) is 7.68. The van der Waals surface area contributed by atoms with Crippen molar-refractivity contribution in [2.24, 2.45) is 5.92 Å². The molecule has 0 aliphatic carbocycles. The molecule has 1 aromatic heterocycles. The highest BCUT2D eigenvalue weighted by Gasteiger charge is 2.27. The summed E-state index contributed by atoms with van der Waals surface area (Å²) < 4.78 is 11.7. The van der Waals surface area contributed by atoms with Crippen molar-refractivity contribution in [1.29, 1.82) is 0 Å². The van der Waals surface area contributed by atoms with E-state index < -0.39 is 0 Å². The minimum atomic E-state index is 0.266. The van der Waals surface area contributed by atoms with E-state index in [4.69, 9.17) is 9.15 Å². The summed E-state index contributed by atoms with van der Waals surface area (Å²) in [6.45, 7) is 4.94. The standard InChI is InChI=1S/C17H23NO2/c1-2-9-18-17(14-7-5-10-19-12-14)16-11-13-6-3-4-8-15(13)20-16/h3-4,6,8,11,14,17-18H,2,5,7,9-10,12H2,1H3. The fourth-order valence-corrected chi connectivity index (χ4v) is 2.98. The van der Waals surface area contributed by atoms with Gasteiger partial charge >= 0.3 is 0 Å². The average Bonchev–Trinajstić information content (AvgIpc) is 2.92. The third-order valence-electron chi connectivity index (χ3n) is 4.03. The maximum atomic E-state index is 6.06. The molecule has 3 rings (SSSR count). The van der Waals surface area contributed by atoms with Crippen LogP contribution in [-0.2, 0) is 4.74 Å². The molecule has 3 nitrogen and oxygen atoms in total. The zero-order valence-electron chi connectivity index (χ0n) is 12.1. The number of hydrogen-bond acceptors (Lipinski definition) is 3. The van der Waals surface area contributed by atoms with Crippen molar-refractivity contribution in [3.63, 3.8) is 0 Å². The molecular weight excluding hydrogens is 250 g/mol. The van der Waals surface area contributed by atoms with E-state index in [0.29, 0.717) is 5.92 Å². The van der Waals surface area contributed by atoms with Crippen LogP contribution < -0.4 is 5.32 Å². The average molecular weight is 273 g/mol. The zero-order valence-corrected chi connectivity index (χ0v) is 12.1. The van der Waals surface area contributed by atoms with Gasteiger partial charge in [0.05, 0.1) is 12.6 Å². The van der Waals surface area contributed by atoms with Crippen LogP contribution in [0.3, 0.4) is 0 Å². The first-order valence-corrected chi connectivity index (χ1v) is 7.68. The van der Waals surface area contributed by atoms with E-state index in [2.05, 4.69) is 30.4 Å². The van der Waals surface area contributed by atoms with Gasteiger partial charge in [-0.1, -0.05) is 25.1 Å². The van der Waals surface area contributed by atoms with Gasteiger partial charge < -0.3 is 14.5 Å². The van der Waals surface area contributed by atoms with Crippen molar-refractivity contribution in [3.05, 3.63) is 36.1 Å². The van der Waals surface area contributed by atoms with Crippen molar-refractivity contribution in [1.82, 2.24) is 5.32 Å². The van der Waals surface area contributed by atoms with Gasteiger partial charge in [0.15, 0.2) is 0 Å². The van der Waals surface area contributed by atoms with Crippen LogP contribution in [0.2, 0.25) is 0 Å². The first kappa shape index (κ1) is 13.7. The smallest absolute Gasteiger partial charge is 0.134 e. The molecule has 0 bridgehead atoms. The predicted octanol–water partition coefficient (Wildman–Crippen LogP) is 3.90. The summed E-state index contributed by atoms with van der Waals surface area (Å²) in [5.74, 6) is 1.56. The fourth-order valence-electron chi connectivity index (χ4n) is 2.98. The second-order valence-electron chi connectivity index (χ2n) is 5.60. The van der Waals surface area contributed by atoms with Crippen molar-refractivity contribution in [2.45, 2.75) is 32.2 Å². The highest BCUT2D eigenvalue weighted by Crippen LogP contribution is 2.32. The molecule has 1 aliphatic rings. The number of ether oxygens (including phenoxy) is 1. The Bertz CT molecular complexity index is 510. The lowest BCUT2D eigenvalue weighted by molar-refractivity contribution is 0.0358. The monoisotopic (exact) mass is 273 g/mol. The molecule has 0 amide bonds. The van der Waals surface area contributed by atoms with Crippen molar-refractivity contribution < 1.29 is 9.15 Å². The van der Waals surface area contributed by atoms with Crippen LogP contribution in [0.25, 0.3) is 11.0 Å². The Morgan fingerprint density at radius 3 is 3.00 bits per heavy atom. The number of nitrogens with one attached hydrogen (secondary N) is 1. The lowest BCUT2D eigenvalue weighted by Gasteiger charge is -2.29. The summed E-state index contributed by atoms with van der Waals surface area (Å²) in [7, 11) is 0. The lowest BCUT2D eigenvalue weighted by atomic mass is 9.92. The Labute approximate surface area is 120 Å². The van der Waals surface area contributed by atoms with Crippen LogP contribution in [0, 0.1) is 5.92 Å². The molecule has 1 aromatic carbocycles. The van der Waals surface area contributed by atoms with Crippen LogP contribution in [0.15, 0.2) is 34.7 Å². The largest absolute Gasteiger partial charge is 0.459 e. The quantitative estimate of drug-likeness (QED) is 0.897. The van der Waals surface area contributed by atoms with E-state index in [0.717, 1.165) is 43.9 Å². The van der Waals surface area contributed by atoms with Gasteiger partial charge in [0.2, 0.25) is 0 Å². The van der Waals surface area contributed by atoms with E-state index in [1.54, 1.807) is 0 Å². The Morgan fingerprint density at radius 1 is 1.35 bits per heavy atom. The molecule has 2 aromatic rings. The molecule has 1 aliphatic heterocycles. The Balaban J connectivity index is 1.86. The minimum absolute atomic E-state index is 0.266. The van der Waals surface area contributed by atoms with E-state index in [1.165, 1.54) is 11.8 Å². The molecule has 1 N–H and O–H groups in total. The number of fused-ring (bicyclic) bond motifs is 1. The second kappa shape index (κ2) is 6.42. The maximum Gasteiger partial charge on any atom is 0.134 e. The third kappa shape index (κ3) is 2.89. The van der Waals surface area contributed by atoms with E-state index in [9.17, 15) is 0 Å². The molecule has 2 unspecified atom stereocenters. The van der Waals surface area contributed by atoms with Crippen LogP contribution in [0.1, 0.15) is 38.0 Å². The normalized spacial score (nSPS) is 21.1. The van der Waals surface area contributed by atoms with Crippen LogP contribution >= 0.6 is 0 Å². The SMILES string of the molecule is CCCNC(c1cc2ccccc2o1)C1CCCOC1. The Kier molecular flexibility index (Phi) is 4.38. The number of para-hydroxylation sites is 1. The summed E-state index contributed by atoms with van der Waals surface area (Å²) in [6.07, 6.45) is 3.48. The van der Waals surface area contributed by atoms with Crippen molar-refractivity contribution >= 4 is 11.0 Å². The molecule has 0 radical (unpaired) electrons. The minimum Gasteiger partial charge on any atom is -0.459 e. The van der Waals surface area contributed by atoms with E-state index >= 15 is 0 Å². The molecular formula is C17H23NO2. The topological polar surface area (TPSA) is 34.4 Å². The van der Waals surface area contributed by atoms with Crippen molar-refractivity contribution in [3.8, 4) is 0 Å². The van der Waals surface area contributed by atoms with Crippen LogP contribution in [0.4, 0.5) is 0 Å². The molecule has 2 heterocycles. The molecule has 1 saturated heterocycles. The van der Waals surface area contributed by atoms with E-state index in [-0.39, 0.29) is 6.04 Å². The molecule has 20 heavy (non-hydrogen) atoms. The fraction of sp³-hybridized carbons (Fsp3) is 0.529. The second-order valence-corrected chi connectivity index (χ2v) is 5.60. The van der Waals surface area contributed by atoms with Gasteiger partial charge in [0.1, 0.15) is 11.3 Å².